The summed E-state index contributed by atoms with van der Waals surface area (Å²) in [7, 11) is 1.86. The molecule has 3 heteroatoms. The first-order chi connectivity index (χ1) is 10.5. The molecule has 0 saturated heterocycles. The third-order valence-electron chi connectivity index (χ3n) is 4.07. The molecule has 1 N–H and O–H groups in total. The van der Waals surface area contributed by atoms with E-state index in [4.69, 9.17) is 0 Å². The summed E-state index contributed by atoms with van der Waals surface area (Å²) in [6, 6.07) is 12.2. The number of para-hydroxylation sites is 1. The van der Waals surface area contributed by atoms with Gasteiger partial charge in [0.15, 0.2) is 0 Å². The van der Waals surface area contributed by atoms with Crippen LogP contribution in [-0.2, 0) is 7.05 Å². The van der Waals surface area contributed by atoms with Crippen LogP contribution in [0.15, 0.2) is 41.4 Å². The fourth-order valence-electron chi connectivity index (χ4n) is 3.04. The molecule has 0 unspecified atom stereocenters. The third kappa shape index (κ3) is 2.29. The lowest BCUT2D eigenvalue weighted by atomic mass is 10.1. The highest BCUT2D eigenvalue weighted by Gasteiger charge is 2.12. The number of aryl methyl sites for hydroxylation is 4. The first-order valence-corrected chi connectivity index (χ1v) is 7.37. The Morgan fingerprint density at radius 1 is 1.05 bits per heavy atom. The van der Waals surface area contributed by atoms with Crippen molar-refractivity contribution >= 4 is 22.8 Å². The quantitative estimate of drug-likeness (QED) is 0.691. The van der Waals surface area contributed by atoms with E-state index in [2.05, 4.69) is 37.9 Å². The minimum Gasteiger partial charge on any atom is -0.494 e. The van der Waals surface area contributed by atoms with Gasteiger partial charge in [0.2, 0.25) is 5.88 Å². The average molecular weight is 292 g/mol. The summed E-state index contributed by atoms with van der Waals surface area (Å²) in [6.07, 6.45) is 1.77. The maximum Gasteiger partial charge on any atom is 0.200 e. The first kappa shape index (κ1) is 14.4. The topological polar surface area (TPSA) is 37.5 Å². The van der Waals surface area contributed by atoms with Crippen LogP contribution in [-0.4, -0.2) is 15.9 Å². The summed E-state index contributed by atoms with van der Waals surface area (Å²) in [5.74, 6) is 0.243. The van der Waals surface area contributed by atoms with Crippen LogP contribution in [0.1, 0.15) is 22.3 Å². The van der Waals surface area contributed by atoms with Gasteiger partial charge in [-0.1, -0.05) is 35.9 Å². The number of aliphatic imine (C=N–C) groups is 1. The molecule has 112 valence electrons. The Balaban J connectivity index is 2.13. The molecule has 0 bridgehead atoms. The normalized spacial score (nSPS) is 11.6. The molecule has 0 spiro atoms. The molecule has 0 atom stereocenters. The Bertz CT molecular complexity index is 865. The van der Waals surface area contributed by atoms with Crippen molar-refractivity contribution in [3.8, 4) is 5.88 Å². The van der Waals surface area contributed by atoms with Crippen molar-refractivity contribution in [2.45, 2.75) is 20.8 Å². The van der Waals surface area contributed by atoms with Gasteiger partial charge in [0, 0.05) is 18.6 Å². The van der Waals surface area contributed by atoms with Gasteiger partial charge >= 0.3 is 0 Å². The van der Waals surface area contributed by atoms with E-state index in [1.165, 1.54) is 5.56 Å². The van der Waals surface area contributed by atoms with Gasteiger partial charge in [-0.15, -0.1) is 0 Å². The summed E-state index contributed by atoms with van der Waals surface area (Å²) < 4.78 is 1.78. The smallest absolute Gasteiger partial charge is 0.200 e. The van der Waals surface area contributed by atoms with Crippen LogP contribution >= 0.6 is 0 Å². The number of rotatable bonds is 2. The van der Waals surface area contributed by atoms with Crippen LogP contribution in [0.5, 0.6) is 5.88 Å². The van der Waals surface area contributed by atoms with E-state index >= 15 is 0 Å². The van der Waals surface area contributed by atoms with E-state index in [1.54, 1.807) is 10.8 Å². The second-order valence-corrected chi connectivity index (χ2v) is 5.82. The fourth-order valence-corrected chi connectivity index (χ4v) is 3.04. The molecular formula is C19H20N2O. The van der Waals surface area contributed by atoms with E-state index in [9.17, 15) is 5.11 Å². The Kier molecular flexibility index (Phi) is 3.49. The molecule has 0 fully saturated rings. The zero-order chi connectivity index (χ0) is 15.9. The molecule has 0 saturated carbocycles. The van der Waals surface area contributed by atoms with Gasteiger partial charge < -0.3 is 9.67 Å². The number of aromatic nitrogens is 1. The summed E-state index contributed by atoms with van der Waals surface area (Å²) in [4.78, 5) is 4.64. The predicted octanol–water partition coefficient (Wildman–Crippen LogP) is 4.56. The SMILES string of the molecule is Cc1cc(C)c(N=Cc2c(O)n(C)c3ccccc23)c(C)c1. The molecular weight excluding hydrogens is 272 g/mol. The van der Waals surface area contributed by atoms with E-state index in [0.29, 0.717) is 0 Å². The van der Waals surface area contributed by atoms with Crippen LogP contribution in [0.3, 0.4) is 0 Å². The molecule has 3 aromatic rings. The zero-order valence-corrected chi connectivity index (χ0v) is 13.4. The fraction of sp³-hybridized carbons (Fsp3) is 0.211. The lowest BCUT2D eigenvalue weighted by Gasteiger charge is -2.06. The van der Waals surface area contributed by atoms with E-state index in [0.717, 1.165) is 33.3 Å². The van der Waals surface area contributed by atoms with Gasteiger partial charge in [-0.2, -0.15) is 0 Å². The summed E-state index contributed by atoms with van der Waals surface area (Å²) in [5.41, 5.74) is 6.26. The van der Waals surface area contributed by atoms with Crippen molar-refractivity contribution < 1.29 is 5.11 Å². The van der Waals surface area contributed by atoms with Crippen molar-refractivity contribution in [3.05, 3.63) is 58.7 Å². The van der Waals surface area contributed by atoms with E-state index in [-0.39, 0.29) is 5.88 Å². The predicted molar refractivity (Wildman–Crippen MR) is 92.5 cm³/mol. The lowest BCUT2D eigenvalue weighted by molar-refractivity contribution is 0.434. The molecule has 0 aliphatic carbocycles. The van der Waals surface area contributed by atoms with Gasteiger partial charge in [-0.05, 0) is 38.0 Å². The van der Waals surface area contributed by atoms with Gasteiger partial charge in [0.05, 0.1) is 16.8 Å². The summed E-state index contributed by atoms with van der Waals surface area (Å²) in [5, 5.41) is 11.4. The van der Waals surface area contributed by atoms with Crippen molar-refractivity contribution in [2.24, 2.45) is 12.0 Å². The largest absolute Gasteiger partial charge is 0.494 e. The van der Waals surface area contributed by atoms with Crippen LogP contribution in [0.2, 0.25) is 0 Å². The molecule has 0 aliphatic heterocycles. The molecule has 0 amide bonds. The molecule has 1 heterocycles. The number of benzene rings is 2. The minimum atomic E-state index is 0.243. The number of aromatic hydroxyl groups is 1. The van der Waals surface area contributed by atoms with Crippen molar-refractivity contribution in [3.63, 3.8) is 0 Å². The van der Waals surface area contributed by atoms with E-state index < -0.39 is 0 Å². The molecule has 0 aliphatic rings. The number of hydrogen-bond acceptors (Lipinski definition) is 2. The molecule has 3 rings (SSSR count). The Hall–Kier alpha value is -2.55. The zero-order valence-electron chi connectivity index (χ0n) is 13.4. The number of hydrogen-bond donors (Lipinski definition) is 1. The first-order valence-electron chi connectivity index (χ1n) is 7.37. The van der Waals surface area contributed by atoms with Crippen molar-refractivity contribution in [1.82, 2.24) is 4.57 Å². The van der Waals surface area contributed by atoms with Crippen LogP contribution in [0, 0.1) is 20.8 Å². The molecule has 0 radical (unpaired) electrons. The van der Waals surface area contributed by atoms with Gasteiger partial charge in [0.25, 0.3) is 0 Å². The third-order valence-corrected chi connectivity index (χ3v) is 4.07. The maximum atomic E-state index is 10.4. The lowest BCUT2D eigenvalue weighted by Crippen LogP contribution is -1.87. The molecule has 2 aromatic carbocycles. The summed E-state index contributed by atoms with van der Waals surface area (Å²) in [6.45, 7) is 6.22. The van der Waals surface area contributed by atoms with Crippen molar-refractivity contribution in [1.29, 1.82) is 0 Å². The van der Waals surface area contributed by atoms with Gasteiger partial charge in [-0.25, -0.2) is 0 Å². The summed E-state index contributed by atoms with van der Waals surface area (Å²) >= 11 is 0. The van der Waals surface area contributed by atoms with Crippen molar-refractivity contribution in [2.75, 3.05) is 0 Å². The van der Waals surface area contributed by atoms with Crippen LogP contribution in [0.4, 0.5) is 5.69 Å². The van der Waals surface area contributed by atoms with Crippen LogP contribution in [0.25, 0.3) is 10.9 Å². The molecule has 22 heavy (non-hydrogen) atoms. The highest BCUT2D eigenvalue weighted by Crippen LogP contribution is 2.30. The minimum absolute atomic E-state index is 0.243. The monoisotopic (exact) mass is 292 g/mol. The Labute approximate surface area is 130 Å². The highest BCUT2D eigenvalue weighted by molar-refractivity contribution is 6.03. The molecule has 3 nitrogen and oxygen atoms in total. The number of nitrogens with zero attached hydrogens (tertiary/aromatic N) is 2. The Morgan fingerprint density at radius 3 is 2.36 bits per heavy atom. The average Bonchev–Trinajstić information content (AvgIpc) is 2.71. The van der Waals surface area contributed by atoms with Gasteiger partial charge in [-0.3, -0.25) is 4.99 Å². The molecule has 1 aromatic heterocycles. The number of fused-ring (bicyclic) bond motifs is 1. The standard InChI is InChI=1S/C19H20N2O/c1-12-9-13(2)18(14(3)10-12)20-11-16-15-7-5-6-8-17(15)21(4)19(16)22/h5-11,22H,1-4H3. The second kappa shape index (κ2) is 5.34. The van der Waals surface area contributed by atoms with Crippen LogP contribution < -0.4 is 0 Å². The maximum absolute atomic E-state index is 10.4. The van der Waals surface area contributed by atoms with E-state index in [1.807, 2.05) is 31.3 Å². The highest BCUT2D eigenvalue weighted by atomic mass is 16.3. The van der Waals surface area contributed by atoms with Gasteiger partial charge in [0.1, 0.15) is 0 Å². The second-order valence-electron chi connectivity index (χ2n) is 5.82. The Morgan fingerprint density at radius 2 is 1.68 bits per heavy atom.